The summed E-state index contributed by atoms with van der Waals surface area (Å²) in [6.07, 6.45) is 0. The normalized spacial score (nSPS) is 10.9. The molecule has 0 radical (unpaired) electrons. The van der Waals surface area contributed by atoms with Gasteiger partial charge in [-0.25, -0.2) is 4.68 Å². The van der Waals surface area contributed by atoms with Crippen LogP contribution in [0.15, 0.2) is 33.9 Å². The van der Waals surface area contributed by atoms with Crippen LogP contribution in [0.1, 0.15) is 5.89 Å². The predicted octanol–water partition coefficient (Wildman–Crippen LogP) is 2.21. The summed E-state index contributed by atoms with van der Waals surface area (Å²) in [5.41, 5.74) is 0.745. The van der Waals surface area contributed by atoms with Crippen LogP contribution in [0.5, 0.6) is 0 Å². The van der Waals surface area contributed by atoms with Crippen LogP contribution in [0.3, 0.4) is 0 Å². The van der Waals surface area contributed by atoms with E-state index in [1.807, 2.05) is 18.2 Å². The summed E-state index contributed by atoms with van der Waals surface area (Å²) < 4.78 is 6.77. The van der Waals surface area contributed by atoms with Crippen molar-refractivity contribution < 1.29 is 4.52 Å². The first-order chi connectivity index (χ1) is 9.74. The second-order valence-corrected chi connectivity index (χ2v) is 5.22. The van der Waals surface area contributed by atoms with Crippen LogP contribution in [0.4, 0.5) is 0 Å². The lowest BCUT2D eigenvalue weighted by Gasteiger charge is -1.96. The summed E-state index contributed by atoms with van der Waals surface area (Å²) in [4.78, 5) is 4.31. The lowest BCUT2D eigenvalue weighted by atomic mass is 10.2. The van der Waals surface area contributed by atoms with Crippen molar-refractivity contribution in [3.05, 3.63) is 35.2 Å². The third kappa shape index (κ3) is 2.66. The molecule has 3 aromatic rings. The van der Waals surface area contributed by atoms with Crippen molar-refractivity contribution in [3.63, 3.8) is 0 Å². The quantitative estimate of drug-likeness (QED) is 0.683. The number of hydrogen-bond donors (Lipinski definition) is 0. The van der Waals surface area contributed by atoms with Gasteiger partial charge in [-0.3, -0.25) is 0 Å². The zero-order valence-electron chi connectivity index (χ0n) is 10.4. The van der Waals surface area contributed by atoms with Gasteiger partial charge in [0.2, 0.25) is 16.9 Å². The minimum absolute atomic E-state index is 0.474. The first-order valence-electron chi connectivity index (χ1n) is 5.66. The number of rotatable bonds is 4. The second-order valence-electron chi connectivity index (χ2n) is 3.87. The Bertz CT molecular complexity index is 727. The van der Waals surface area contributed by atoms with Gasteiger partial charge in [0.1, 0.15) is 0 Å². The number of thioether (sulfide) groups is 1. The van der Waals surface area contributed by atoms with Crippen LogP contribution >= 0.6 is 23.4 Å². The highest BCUT2D eigenvalue weighted by Gasteiger charge is 2.12. The Morgan fingerprint density at radius 1 is 1.35 bits per heavy atom. The highest BCUT2D eigenvalue weighted by Crippen LogP contribution is 2.26. The standard InChI is InChI=1S/C11H9ClN6OS/c1-18-11(14-16-17-18)20-6-9-13-10(15-19-9)7-4-2-3-5-8(7)12/h2-5H,6H2,1H3. The number of nitrogens with zero attached hydrogens (tertiary/aromatic N) is 6. The molecule has 102 valence electrons. The number of halogens is 1. The molecular formula is C11H9ClN6OS. The lowest BCUT2D eigenvalue weighted by Crippen LogP contribution is -1.93. The van der Waals surface area contributed by atoms with E-state index < -0.39 is 0 Å². The van der Waals surface area contributed by atoms with Gasteiger partial charge in [0, 0.05) is 12.6 Å². The van der Waals surface area contributed by atoms with Gasteiger partial charge >= 0.3 is 0 Å². The van der Waals surface area contributed by atoms with E-state index in [1.54, 1.807) is 17.8 Å². The molecule has 0 amide bonds. The van der Waals surface area contributed by atoms with Crippen molar-refractivity contribution in [1.82, 2.24) is 30.3 Å². The number of hydrogen-bond acceptors (Lipinski definition) is 7. The third-order valence-corrected chi connectivity index (χ3v) is 3.81. The maximum Gasteiger partial charge on any atom is 0.237 e. The molecule has 0 atom stereocenters. The zero-order chi connectivity index (χ0) is 13.9. The molecule has 2 aromatic heterocycles. The van der Waals surface area contributed by atoms with E-state index in [0.29, 0.717) is 27.6 Å². The molecule has 3 rings (SSSR count). The average Bonchev–Trinajstić information content (AvgIpc) is 3.06. The van der Waals surface area contributed by atoms with Crippen LogP contribution in [0.2, 0.25) is 5.02 Å². The maximum atomic E-state index is 6.09. The van der Waals surface area contributed by atoms with Gasteiger partial charge in [-0.15, -0.1) is 5.10 Å². The summed E-state index contributed by atoms with van der Waals surface area (Å²) in [7, 11) is 1.77. The molecule has 7 nitrogen and oxygen atoms in total. The Hall–Kier alpha value is -1.93. The second kappa shape index (κ2) is 5.59. The molecule has 0 N–H and O–H groups in total. The molecule has 9 heteroatoms. The molecule has 0 saturated heterocycles. The molecule has 0 aliphatic carbocycles. The van der Waals surface area contributed by atoms with E-state index in [-0.39, 0.29) is 0 Å². The van der Waals surface area contributed by atoms with Crippen LogP contribution < -0.4 is 0 Å². The maximum absolute atomic E-state index is 6.09. The number of aryl methyl sites for hydroxylation is 1. The number of aromatic nitrogens is 6. The van der Waals surface area contributed by atoms with E-state index in [9.17, 15) is 0 Å². The van der Waals surface area contributed by atoms with Crippen molar-refractivity contribution in [2.45, 2.75) is 10.9 Å². The van der Waals surface area contributed by atoms with Gasteiger partial charge in [-0.1, -0.05) is 40.7 Å². The van der Waals surface area contributed by atoms with Gasteiger partial charge < -0.3 is 4.52 Å². The van der Waals surface area contributed by atoms with Crippen LogP contribution in [-0.4, -0.2) is 30.3 Å². The predicted molar refractivity (Wildman–Crippen MR) is 73.1 cm³/mol. The summed E-state index contributed by atoms with van der Waals surface area (Å²) >= 11 is 7.51. The Morgan fingerprint density at radius 2 is 2.20 bits per heavy atom. The molecule has 0 aliphatic rings. The van der Waals surface area contributed by atoms with Crippen molar-refractivity contribution >= 4 is 23.4 Å². The summed E-state index contributed by atoms with van der Waals surface area (Å²) in [6.45, 7) is 0. The topological polar surface area (TPSA) is 82.5 Å². The van der Waals surface area contributed by atoms with Crippen molar-refractivity contribution in [2.24, 2.45) is 7.05 Å². The zero-order valence-corrected chi connectivity index (χ0v) is 12.0. The van der Waals surface area contributed by atoms with E-state index in [1.165, 1.54) is 11.8 Å². The molecule has 0 fully saturated rings. The Labute approximate surface area is 123 Å². The van der Waals surface area contributed by atoms with E-state index in [2.05, 4.69) is 25.7 Å². The summed E-state index contributed by atoms with van der Waals surface area (Å²) in [6, 6.07) is 7.35. The first kappa shape index (κ1) is 13.1. The first-order valence-corrected chi connectivity index (χ1v) is 7.03. The Balaban J connectivity index is 1.74. The largest absolute Gasteiger partial charge is 0.338 e. The molecule has 0 spiro atoms. The van der Waals surface area contributed by atoms with Gasteiger partial charge in [-0.05, 0) is 22.6 Å². The highest BCUT2D eigenvalue weighted by molar-refractivity contribution is 7.98. The van der Waals surface area contributed by atoms with Gasteiger partial charge in [-0.2, -0.15) is 4.98 Å². The fraction of sp³-hybridized carbons (Fsp3) is 0.182. The number of benzene rings is 1. The monoisotopic (exact) mass is 308 g/mol. The molecule has 0 aliphatic heterocycles. The van der Waals surface area contributed by atoms with Crippen LogP contribution in [0.25, 0.3) is 11.4 Å². The van der Waals surface area contributed by atoms with Crippen molar-refractivity contribution in [1.29, 1.82) is 0 Å². The molecule has 1 aromatic carbocycles. The SMILES string of the molecule is Cn1nnnc1SCc1nc(-c2ccccc2Cl)no1. The lowest BCUT2D eigenvalue weighted by molar-refractivity contribution is 0.391. The molecule has 2 heterocycles. The molecule has 0 bridgehead atoms. The summed E-state index contributed by atoms with van der Waals surface area (Å²) in [5, 5.41) is 16.4. The molecule has 0 unspecified atom stereocenters. The third-order valence-electron chi connectivity index (χ3n) is 2.49. The minimum atomic E-state index is 0.474. The van der Waals surface area contributed by atoms with Gasteiger partial charge in [0.25, 0.3) is 0 Å². The summed E-state index contributed by atoms with van der Waals surface area (Å²) in [5.74, 6) is 1.46. The van der Waals surface area contributed by atoms with Crippen LogP contribution in [-0.2, 0) is 12.8 Å². The van der Waals surface area contributed by atoms with E-state index in [4.69, 9.17) is 16.1 Å². The number of tetrazole rings is 1. The van der Waals surface area contributed by atoms with Crippen molar-refractivity contribution in [2.75, 3.05) is 0 Å². The van der Waals surface area contributed by atoms with Gasteiger partial charge in [0.15, 0.2) is 0 Å². The van der Waals surface area contributed by atoms with Gasteiger partial charge in [0.05, 0.1) is 10.8 Å². The highest BCUT2D eigenvalue weighted by atomic mass is 35.5. The smallest absolute Gasteiger partial charge is 0.237 e. The fourth-order valence-electron chi connectivity index (χ4n) is 1.54. The fourth-order valence-corrected chi connectivity index (χ4v) is 2.44. The molecule has 20 heavy (non-hydrogen) atoms. The van der Waals surface area contributed by atoms with Crippen LogP contribution in [0, 0.1) is 0 Å². The minimum Gasteiger partial charge on any atom is -0.338 e. The molecule has 0 saturated carbocycles. The van der Waals surface area contributed by atoms with E-state index >= 15 is 0 Å². The average molecular weight is 309 g/mol. The van der Waals surface area contributed by atoms with E-state index in [0.717, 1.165) is 5.56 Å². The van der Waals surface area contributed by atoms with Crippen molar-refractivity contribution in [3.8, 4) is 11.4 Å². The Kier molecular flexibility index (Phi) is 3.66. The molecular weight excluding hydrogens is 300 g/mol. The Morgan fingerprint density at radius 3 is 2.95 bits per heavy atom.